The number of likely N-dealkylation sites (tertiary alicyclic amines) is 1. The smallest absolute Gasteiger partial charge is 0.309 e. The van der Waals surface area contributed by atoms with Crippen LogP contribution in [0.2, 0.25) is 0 Å². The molecule has 4 heteroatoms. The van der Waals surface area contributed by atoms with Gasteiger partial charge in [0, 0.05) is 6.54 Å². The van der Waals surface area contributed by atoms with Crippen molar-refractivity contribution in [2.24, 2.45) is 5.92 Å². The van der Waals surface area contributed by atoms with E-state index in [0.29, 0.717) is 13.2 Å². The second-order valence-electron chi connectivity index (χ2n) is 6.32. The summed E-state index contributed by atoms with van der Waals surface area (Å²) in [7, 11) is 0. The molecule has 1 fully saturated rings. The van der Waals surface area contributed by atoms with Crippen molar-refractivity contribution in [1.82, 2.24) is 4.90 Å². The lowest BCUT2D eigenvalue weighted by Gasteiger charge is -2.30. The monoisotopic (exact) mass is 331 g/mol. The van der Waals surface area contributed by atoms with Gasteiger partial charge in [0.15, 0.2) is 0 Å². The van der Waals surface area contributed by atoms with Crippen LogP contribution in [0.15, 0.2) is 30.9 Å². The minimum absolute atomic E-state index is 0.0397. The van der Waals surface area contributed by atoms with E-state index in [1.54, 1.807) is 0 Å². The Hall–Kier alpha value is -1.81. The predicted octanol–water partition coefficient (Wildman–Crippen LogP) is 3.38. The van der Waals surface area contributed by atoms with E-state index >= 15 is 0 Å². The van der Waals surface area contributed by atoms with E-state index in [1.807, 2.05) is 19.1 Å². The molecule has 1 heterocycles. The summed E-state index contributed by atoms with van der Waals surface area (Å²) in [5.74, 6) is 0.974. The van der Waals surface area contributed by atoms with Gasteiger partial charge in [-0.2, -0.15) is 0 Å². The molecule has 1 saturated heterocycles. The molecule has 2 rings (SSSR count). The lowest BCUT2D eigenvalue weighted by Crippen LogP contribution is -2.39. The summed E-state index contributed by atoms with van der Waals surface area (Å²) in [6.45, 7) is 11.6. The first-order chi connectivity index (χ1) is 11.6. The highest BCUT2D eigenvalue weighted by Crippen LogP contribution is 2.22. The number of carbonyl (C=O) groups excluding carboxylic acids is 1. The maximum Gasteiger partial charge on any atom is 0.309 e. The van der Waals surface area contributed by atoms with Gasteiger partial charge in [-0.25, -0.2) is 0 Å². The van der Waals surface area contributed by atoms with Crippen LogP contribution in [0.3, 0.4) is 0 Å². The van der Waals surface area contributed by atoms with E-state index < -0.39 is 0 Å². The third-order valence-corrected chi connectivity index (χ3v) is 4.45. The van der Waals surface area contributed by atoms with Crippen molar-refractivity contribution in [2.75, 3.05) is 32.8 Å². The van der Waals surface area contributed by atoms with Gasteiger partial charge in [0.05, 0.1) is 12.5 Å². The molecular weight excluding hydrogens is 302 g/mol. The Kier molecular flexibility index (Phi) is 7.32. The molecule has 24 heavy (non-hydrogen) atoms. The van der Waals surface area contributed by atoms with Gasteiger partial charge >= 0.3 is 5.97 Å². The quantitative estimate of drug-likeness (QED) is 0.541. The molecule has 0 bridgehead atoms. The topological polar surface area (TPSA) is 38.8 Å². The van der Waals surface area contributed by atoms with Crippen molar-refractivity contribution in [2.45, 2.75) is 33.1 Å². The molecule has 1 aromatic rings. The number of ether oxygens (including phenoxy) is 2. The third-order valence-electron chi connectivity index (χ3n) is 4.45. The second kappa shape index (κ2) is 9.48. The highest BCUT2D eigenvalue weighted by Gasteiger charge is 2.25. The minimum Gasteiger partial charge on any atom is -0.492 e. The third kappa shape index (κ3) is 5.38. The first-order valence-corrected chi connectivity index (χ1v) is 8.86. The number of nitrogens with zero attached hydrogens (tertiary/aromatic N) is 1. The van der Waals surface area contributed by atoms with Gasteiger partial charge in [-0.1, -0.05) is 23.8 Å². The van der Waals surface area contributed by atoms with Crippen LogP contribution in [0.25, 0.3) is 0 Å². The fourth-order valence-corrected chi connectivity index (χ4v) is 3.10. The number of carbonyl (C=O) groups is 1. The molecule has 0 unspecified atom stereocenters. The van der Waals surface area contributed by atoms with E-state index in [2.05, 4.69) is 30.5 Å². The number of allylic oxidation sites excluding steroid dienone is 1. The lowest BCUT2D eigenvalue weighted by molar-refractivity contribution is -0.149. The van der Waals surface area contributed by atoms with Crippen LogP contribution in [-0.2, 0) is 16.0 Å². The molecule has 0 amide bonds. The van der Waals surface area contributed by atoms with E-state index in [1.165, 1.54) is 11.1 Å². The van der Waals surface area contributed by atoms with E-state index in [4.69, 9.17) is 9.47 Å². The van der Waals surface area contributed by atoms with Gasteiger partial charge < -0.3 is 9.47 Å². The molecule has 132 valence electrons. The molecule has 4 nitrogen and oxygen atoms in total. The molecule has 0 N–H and O–H groups in total. The molecule has 0 saturated carbocycles. The van der Waals surface area contributed by atoms with Gasteiger partial charge in [0.1, 0.15) is 12.4 Å². The number of esters is 1. The largest absolute Gasteiger partial charge is 0.492 e. The summed E-state index contributed by atoms with van der Waals surface area (Å²) < 4.78 is 11.1. The maximum absolute atomic E-state index is 11.8. The molecule has 1 aliphatic rings. The van der Waals surface area contributed by atoms with Gasteiger partial charge in [-0.05, 0) is 57.8 Å². The number of hydrogen-bond donors (Lipinski definition) is 0. The SMILES string of the molecule is C=CCc1cc(C)ccc1OCCN1CCC(C(=O)OCC)CC1. The van der Waals surface area contributed by atoms with Crippen LogP contribution in [0.5, 0.6) is 5.75 Å². The zero-order valence-electron chi connectivity index (χ0n) is 14.9. The Morgan fingerprint density at radius 2 is 2.12 bits per heavy atom. The molecule has 0 atom stereocenters. The highest BCUT2D eigenvalue weighted by molar-refractivity contribution is 5.72. The Labute approximate surface area is 145 Å². The Balaban J connectivity index is 1.76. The molecule has 1 aliphatic heterocycles. The van der Waals surface area contributed by atoms with Gasteiger partial charge in [-0.3, -0.25) is 9.69 Å². The van der Waals surface area contributed by atoms with Crippen LogP contribution >= 0.6 is 0 Å². The van der Waals surface area contributed by atoms with E-state index in [9.17, 15) is 4.79 Å². The number of benzene rings is 1. The zero-order chi connectivity index (χ0) is 17.4. The summed E-state index contributed by atoms with van der Waals surface area (Å²) in [4.78, 5) is 14.1. The first-order valence-electron chi connectivity index (χ1n) is 8.86. The molecule has 0 aliphatic carbocycles. The molecular formula is C20H29NO3. The molecule has 0 aromatic heterocycles. The van der Waals surface area contributed by atoms with Gasteiger partial charge in [-0.15, -0.1) is 6.58 Å². The minimum atomic E-state index is -0.0397. The van der Waals surface area contributed by atoms with Gasteiger partial charge in [0.2, 0.25) is 0 Å². The molecule has 0 spiro atoms. The van der Waals surface area contributed by atoms with Crippen LogP contribution in [0.1, 0.15) is 30.9 Å². The van der Waals surface area contributed by atoms with Crippen LogP contribution in [0, 0.1) is 12.8 Å². The summed E-state index contributed by atoms with van der Waals surface area (Å²) in [6, 6.07) is 6.27. The predicted molar refractivity (Wildman–Crippen MR) is 96.4 cm³/mol. The van der Waals surface area contributed by atoms with E-state index in [-0.39, 0.29) is 11.9 Å². The van der Waals surface area contributed by atoms with Crippen LogP contribution < -0.4 is 4.74 Å². The molecule has 0 radical (unpaired) electrons. The first kappa shape index (κ1) is 18.5. The average molecular weight is 331 g/mol. The fraction of sp³-hybridized carbons (Fsp3) is 0.550. The Morgan fingerprint density at radius 1 is 1.38 bits per heavy atom. The van der Waals surface area contributed by atoms with Crippen LogP contribution in [-0.4, -0.2) is 43.7 Å². The standard InChI is InChI=1S/C20H29NO3/c1-4-6-18-15-16(3)7-8-19(18)24-14-13-21-11-9-17(10-12-21)20(22)23-5-2/h4,7-8,15,17H,1,5-6,9-14H2,2-3H3. The van der Waals surface area contributed by atoms with Crippen molar-refractivity contribution >= 4 is 5.97 Å². The van der Waals surface area contributed by atoms with Crippen molar-refractivity contribution in [3.63, 3.8) is 0 Å². The lowest BCUT2D eigenvalue weighted by atomic mass is 9.97. The highest BCUT2D eigenvalue weighted by atomic mass is 16.5. The number of piperidine rings is 1. The Bertz CT molecular complexity index is 548. The summed E-state index contributed by atoms with van der Waals surface area (Å²) in [5, 5.41) is 0. The summed E-state index contributed by atoms with van der Waals surface area (Å²) in [5.41, 5.74) is 2.42. The fourth-order valence-electron chi connectivity index (χ4n) is 3.10. The average Bonchev–Trinajstić information content (AvgIpc) is 2.58. The second-order valence-corrected chi connectivity index (χ2v) is 6.32. The van der Waals surface area contributed by atoms with Crippen molar-refractivity contribution in [3.05, 3.63) is 42.0 Å². The van der Waals surface area contributed by atoms with Crippen LogP contribution in [0.4, 0.5) is 0 Å². The van der Waals surface area contributed by atoms with Crippen molar-refractivity contribution in [1.29, 1.82) is 0 Å². The zero-order valence-corrected chi connectivity index (χ0v) is 14.9. The number of hydrogen-bond acceptors (Lipinski definition) is 4. The Morgan fingerprint density at radius 3 is 2.79 bits per heavy atom. The van der Waals surface area contributed by atoms with E-state index in [0.717, 1.165) is 44.6 Å². The summed E-state index contributed by atoms with van der Waals surface area (Å²) in [6.07, 6.45) is 4.49. The number of rotatable bonds is 8. The van der Waals surface area contributed by atoms with Crippen molar-refractivity contribution in [3.8, 4) is 5.75 Å². The van der Waals surface area contributed by atoms with Gasteiger partial charge in [0.25, 0.3) is 0 Å². The molecule has 1 aromatic carbocycles. The maximum atomic E-state index is 11.8. The summed E-state index contributed by atoms with van der Waals surface area (Å²) >= 11 is 0. The number of aryl methyl sites for hydroxylation is 1. The normalized spacial score (nSPS) is 15.9. The van der Waals surface area contributed by atoms with Crippen molar-refractivity contribution < 1.29 is 14.3 Å².